The molecule has 4 nitrogen and oxygen atoms in total. The maximum absolute atomic E-state index is 6.53. The summed E-state index contributed by atoms with van der Waals surface area (Å²) >= 11 is 1.85. The highest BCUT2D eigenvalue weighted by atomic mass is 32.1. The minimum atomic E-state index is 0.0480. The standard InChI is InChI=1S/C40H29N3OS/c1-40(2,3)25-19-20-41-33(22-25)24-9-8-10-26(21-24)44-27-15-16-28-29-17-18-36-37(30-11-4-7-14-35(30)45-36)38(29)43-34-13-6-5-12-32(34)42-39(43)31(28)23-27/h4-23H,1-3H3. The van der Waals surface area contributed by atoms with Gasteiger partial charge in [-0.2, -0.15) is 0 Å². The first kappa shape index (κ1) is 26.2. The minimum Gasteiger partial charge on any atom is -0.457 e. The molecule has 9 aromatic rings. The van der Waals surface area contributed by atoms with Crippen LogP contribution in [-0.2, 0) is 5.41 Å². The fraction of sp³-hybridized carbons (Fsp3) is 0.100. The predicted molar refractivity (Wildman–Crippen MR) is 189 cm³/mol. The van der Waals surface area contributed by atoms with Crippen molar-refractivity contribution in [1.29, 1.82) is 0 Å². The molecule has 0 spiro atoms. The van der Waals surface area contributed by atoms with Gasteiger partial charge in [0.2, 0.25) is 0 Å². The molecule has 0 fully saturated rings. The summed E-state index contributed by atoms with van der Waals surface area (Å²) < 4.78 is 11.5. The number of pyridine rings is 2. The summed E-state index contributed by atoms with van der Waals surface area (Å²) in [6.45, 7) is 6.67. The summed E-state index contributed by atoms with van der Waals surface area (Å²) in [5.74, 6) is 1.54. The number of para-hydroxylation sites is 2. The molecule has 0 saturated carbocycles. The predicted octanol–water partition coefficient (Wildman–Crippen LogP) is 11.3. The Kier molecular flexibility index (Phi) is 5.59. The summed E-state index contributed by atoms with van der Waals surface area (Å²) in [5.41, 5.74) is 7.49. The quantitative estimate of drug-likeness (QED) is 0.190. The number of aromatic nitrogens is 3. The molecule has 0 aliphatic carbocycles. The first-order valence-electron chi connectivity index (χ1n) is 15.2. The first-order valence-corrected chi connectivity index (χ1v) is 16.1. The van der Waals surface area contributed by atoms with Gasteiger partial charge in [0.1, 0.15) is 17.1 Å². The molecule has 0 atom stereocenters. The van der Waals surface area contributed by atoms with Crippen molar-refractivity contribution in [1.82, 2.24) is 14.4 Å². The van der Waals surface area contributed by atoms with E-state index in [1.54, 1.807) is 0 Å². The average molecular weight is 600 g/mol. The van der Waals surface area contributed by atoms with Crippen LogP contribution < -0.4 is 4.74 Å². The van der Waals surface area contributed by atoms with Gasteiger partial charge in [0.15, 0.2) is 0 Å². The Balaban J connectivity index is 1.24. The van der Waals surface area contributed by atoms with Crippen LogP contribution in [0.25, 0.3) is 69.8 Å². The van der Waals surface area contributed by atoms with Crippen molar-refractivity contribution in [3.8, 4) is 22.8 Å². The lowest BCUT2D eigenvalue weighted by molar-refractivity contribution is 0.483. The molecule has 4 heterocycles. The van der Waals surface area contributed by atoms with Crippen LogP contribution in [0.2, 0.25) is 0 Å². The number of rotatable bonds is 3. The van der Waals surface area contributed by atoms with Gasteiger partial charge in [-0.3, -0.25) is 9.38 Å². The Labute approximate surface area is 264 Å². The van der Waals surface area contributed by atoms with Crippen LogP contribution in [0.1, 0.15) is 26.3 Å². The van der Waals surface area contributed by atoms with E-state index in [0.717, 1.165) is 50.2 Å². The molecule has 45 heavy (non-hydrogen) atoms. The van der Waals surface area contributed by atoms with E-state index >= 15 is 0 Å². The molecular formula is C40H29N3OS. The molecular weight excluding hydrogens is 571 g/mol. The van der Waals surface area contributed by atoms with Gasteiger partial charge >= 0.3 is 0 Å². The summed E-state index contributed by atoms with van der Waals surface area (Å²) in [7, 11) is 0. The third-order valence-corrected chi connectivity index (χ3v) is 9.95. The van der Waals surface area contributed by atoms with Crippen LogP contribution in [0, 0.1) is 0 Å². The van der Waals surface area contributed by atoms with Crippen molar-refractivity contribution in [2.24, 2.45) is 0 Å². The Morgan fingerprint density at radius 3 is 2.40 bits per heavy atom. The zero-order chi connectivity index (χ0) is 30.3. The lowest BCUT2D eigenvalue weighted by Crippen LogP contribution is -2.11. The molecule has 0 aliphatic heterocycles. The minimum absolute atomic E-state index is 0.0480. The largest absolute Gasteiger partial charge is 0.457 e. The summed E-state index contributed by atoms with van der Waals surface area (Å²) in [6.07, 6.45) is 1.89. The Bertz CT molecular complexity index is 2620. The molecule has 216 valence electrons. The number of hydrogen-bond donors (Lipinski definition) is 0. The Hall–Kier alpha value is -5.26. The van der Waals surface area contributed by atoms with E-state index in [4.69, 9.17) is 9.72 Å². The molecule has 4 aromatic heterocycles. The molecule has 0 amide bonds. The lowest BCUT2D eigenvalue weighted by atomic mass is 9.87. The number of imidazole rings is 1. The number of fused-ring (bicyclic) bond motifs is 12. The van der Waals surface area contributed by atoms with Gasteiger partial charge in [-0.15, -0.1) is 11.3 Å². The van der Waals surface area contributed by atoms with E-state index in [1.807, 2.05) is 29.7 Å². The smallest absolute Gasteiger partial charge is 0.146 e. The molecule has 0 N–H and O–H groups in total. The summed E-state index contributed by atoms with van der Waals surface area (Å²) in [5, 5.41) is 5.99. The van der Waals surface area contributed by atoms with Crippen molar-refractivity contribution in [3.05, 3.63) is 127 Å². The van der Waals surface area contributed by atoms with Gasteiger partial charge in [0, 0.05) is 42.7 Å². The molecule has 5 aromatic carbocycles. The highest BCUT2D eigenvalue weighted by Crippen LogP contribution is 2.43. The second-order valence-electron chi connectivity index (χ2n) is 12.7. The molecule has 0 radical (unpaired) electrons. The third-order valence-electron chi connectivity index (χ3n) is 8.81. The van der Waals surface area contributed by atoms with Gasteiger partial charge < -0.3 is 4.74 Å². The van der Waals surface area contributed by atoms with Crippen LogP contribution in [-0.4, -0.2) is 14.4 Å². The van der Waals surface area contributed by atoms with E-state index < -0.39 is 0 Å². The van der Waals surface area contributed by atoms with Gasteiger partial charge in [0.25, 0.3) is 0 Å². The normalized spacial score (nSPS) is 12.3. The Morgan fingerprint density at radius 2 is 1.49 bits per heavy atom. The van der Waals surface area contributed by atoms with Crippen LogP contribution in [0.5, 0.6) is 11.5 Å². The fourth-order valence-corrected chi connectivity index (χ4v) is 7.71. The fourth-order valence-electron chi connectivity index (χ4n) is 6.60. The third kappa shape index (κ3) is 4.11. The van der Waals surface area contributed by atoms with Crippen LogP contribution >= 0.6 is 11.3 Å². The first-order chi connectivity index (χ1) is 21.9. The molecule has 0 saturated heterocycles. The van der Waals surface area contributed by atoms with Gasteiger partial charge in [-0.05, 0) is 83.1 Å². The second-order valence-corrected chi connectivity index (χ2v) is 13.8. The Morgan fingerprint density at radius 1 is 0.667 bits per heavy atom. The van der Waals surface area contributed by atoms with Crippen molar-refractivity contribution in [3.63, 3.8) is 0 Å². The number of benzene rings is 5. The van der Waals surface area contributed by atoms with Crippen LogP contribution in [0.4, 0.5) is 0 Å². The summed E-state index contributed by atoms with van der Waals surface area (Å²) in [6, 6.07) is 40.5. The van der Waals surface area contributed by atoms with Gasteiger partial charge in [0.05, 0.1) is 22.2 Å². The number of ether oxygens (including phenoxy) is 1. The van der Waals surface area contributed by atoms with Gasteiger partial charge in [-0.1, -0.05) is 69.3 Å². The average Bonchev–Trinajstić information content (AvgIpc) is 3.64. The van der Waals surface area contributed by atoms with Crippen LogP contribution in [0.15, 0.2) is 121 Å². The number of hydrogen-bond acceptors (Lipinski definition) is 4. The molecule has 0 aliphatic rings. The van der Waals surface area contributed by atoms with E-state index in [9.17, 15) is 0 Å². The van der Waals surface area contributed by atoms with E-state index in [2.05, 4.69) is 133 Å². The topological polar surface area (TPSA) is 39.4 Å². The van der Waals surface area contributed by atoms with Crippen molar-refractivity contribution >= 4 is 69.9 Å². The van der Waals surface area contributed by atoms with E-state index in [1.165, 1.54) is 36.6 Å². The van der Waals surface area contributed by atoms with E-state index in [0.29, 0.717) is 0 Å². The number of thiophene rings is 1. The van der Waals surface area contributed by atoms with E-state index in [-0.39, 0.29) is 5.41 Å². The molecule has 5 heteroatoms. The van der Waals surface area contributed by atoms with Gasteiger partial charge in [-0.25, -0.2) is 4.98 Å². The second kappa shape index (κ2) is 9.62. The monoisotopic (exact) mass is 599 g/mol. The summed E-state index contributed by atoms with van der Waals surface area (Å²) in [4.78, 5) is 9.86. The van der Waals surface area contributed by atoms with Crippen molar-refractivity contribution < 1.29 is 4.74 Å². The number of nitrogens with zero attached hydrogens (tertiary/aromatic N) is 3. The highest BCUT2D eigenvalue weighted by Gasteiger charge is 2.19. The zero-order valence-corrected chi connectivity index (χ0v) is 26.0. The maximum Gasteiger partial charge on any atom is 0.146 e. The highest BCUT2D eigenvalue weighted by molar-refractivity contribution is 7.26. The maximum atomic E-state index is 6.53. The molecule has 0 unspecified atom stereocenters. The zero-order valence-electron chi connectivity index (χ0n) is 25.2. The van der Waals surface area contributed by atoms with Crippen molar-refractivity contribution in [2.45, 2.75) is 26.2 Å². The van der Waals surface area contributed by atoms with Crippen LogP contribution in [0.3, 0.4) is 0 Å². The molecule has 9 rings (SSSR count). The lowest BCUT2D eigenvalue weighted by Gasteiger charge is -2.19. The molecule has 0 bridgehead atoms. The van der Waals surface area contributed by atoms with Crippen molar-refractivity contribution in [2.75, 3.05) is 0 Å². The SMILES string of the molecule is CC(C)(C)c1ccnc(-c2cccc(Oc3ccc4c(c3)c3nc5ccccc5n3c3c4ccc4sc5ccccc5c43)c2)c1.